The van der Waals surface area contributed by atoms with Crippen molar-refractivity contribution in [1.82, 2.24) is 4.98 Å². The number of nitrogens with zero attached hydrogens (tertiary/aromatic N) is 2. The van der Waals surface area contributed by atoms with Crippen molar-refractivity contribution in [3.63, 3.8) is 0 Å². The Balaban J connectivity index is 1.39. The van der Waals surface area contributed by atoms with Crippen LogP contribution in [0.25, 0.3) is 44.5 Å². The molecule has 1 aromatic heterocycles. The first-order valence-corrected chi connectivity index (χ1v) is 12.7. The number of para-hydroxylation sites is 1. The predicted octanol–water partition coefficient (Wildman–Crippen LogP) is 9.78. The highest BCUT2D eigenvalue weighted by molar-refractivity contribution is 6.10. The molecule has 0 atom stereocenters. The van der Waals surface area contributed by atoms with Crippen molar-refractivity contribution >= 4 is 38.9 Å². The van der Waals surface area contributed by atoms with Crippen LogP contribution < -0.4 is 4.90 Å². The number of hydrogen-bond donors (Lipinski definition) is 0. The average Bonchev–Trinajstić information content (AvgIpc) is 3.45. The minimum Gasteiger partial charge on any atom is -0.436 e. The number of rotatable bonds is 5. The van der Waals surface area contributed by atoms with E-state index < -0.39 is 0 Å². The molecule has 0 spiro atoms. The lowest BCUT2D eigenvalue weighted by Crippen LogP contribution is -2.10. The Morgan fingerprint density at radius 3 is 1.76 bits per heavy atom. The van der Waals surface area contributed by atoms with E-state index in [1.54, 1.807) is 0 Å². The van der Waals surface area contributed by atoms with E-state index in [1.807, 2.05) is 48.5 Å². The Kier molecular flexibility index (Phi) is 5.45. The van der Waals surface area contributed by atoms with Gasteiger partial charge in [-0.2, -0.15) is 0 Å². The van der Waals surface area contributed by atoms with E-state index >= 15 is 0 Å². The Morgan fingerprint density at radius 2 is 1.05 bits per heavy atom. The minimum atomic E-state index is 0.634. The zero-order valence-corrected chi connectivity index (χ0v) is 20.7. The lowest BCUT2D eigenvalue weighted by atomic mass is 10.0. The van der Waals surface area contributed by atoms with Crippen LogP contribution in [0.15, 0.2) is 150 Å². The molecule has 1 heterocycles. The molecule has 6 aromatic carbocycles. The van der Waals surface area contributed by atoms with Crippen LogP contribution in [-0.4, -0.2) is 4.98 Å². The molecule has 3 heteroatoms. The summed E-state index contributed by atoms with van der Waals surface area (Å²) in [6.07, 6.45) is 0. The third-order valence-corrected chi connectivity index (χ3v) is 6.90. The van der Waals surface area contributed by atoms with Gasteiger partial charge in [0.15, 0.2) is 5.58 Å². The zero-order chi connectivity index (χ0) is 25.3. The summed E-state index contributed by atoms with van der Waals surface area (Å²) < 4.78 is 6.16. The van der Waals surface area contributed by atoms with Crippen molar-refractivity contribution in [2.75, 3.05) is 4.90 Å². The van der Waals surface area contributed by atoms with E-state index in [9.17, 15) is 0 Å². The first kappa shape index (κ1) is 22.1. The van der Waals surface area contributed by atoms with Gasteiger partial charge in [-0.05, 0) is 65.7 Å². The average molecular weight is 489 g/mol. The van der Waals surface area contributed by atoms with E-state index in [0.29, 0.717) is 5.89 Å². The molecule has 0 N–H and O–H groups in total. The largest absolute Gasteiger partial charge is 0.436 e. The highest BCUT2D eigenvalue weighted by Crippen LogP contribution is 2.41. The lowest BCUT2D eigenvalue weighted by molar-refractivity contribution is 0.620. The number of hydrogen-bond acceptors (Lipinski definition) is 3. The molecule has 7 aromatic rings. The van der Waals surface area contributed by atoms with Gasteiger partial charge in [-0.15, -0.1) is 0 Å². The number of benzene rings is 6. The van der Waals surface area contributed by atoms with Gasteiger partial charge in [-0.3, -0.25) is 0 Å². The maximum absolute atomic E-state index is 6.16. The first-order valence-electron chi connectivity index (χ1n) is 12.7. The van der Waals surface area contributed by atoms with Crippen LogP contribution in [0.4, 0.5) is 17.1 Å². The van der Waals surface area contributed by atoms with Crippen LogP contribution in [-0.2, 0) is 0 Å². The van der Waals surface area contributed by atoms with Crippen LogP contribution in [0, 0.1) is 0 Å². The molecule has 0 aliphatic heterocycles. The van der Waals surface area contributed by atoms with Crippen molar-refractivity contribution in [3.8, 4) is 22.6 Å². The van der Waals surface area contributed by atoms with Gasteiger partial charge in [-0.25, -0.2) is 4.98 Å². The first-order chi connectivity index (χ1) is 18.8. The molecule has 0 saturated carbocycles. The standard InChI is InChI=1S/C35H24N2O/c1-4-11-25(12-5-1)26-19-21-29(22-20-26)37(28-15-8-3-9-16-28)32-18-10-17-31-30(32)23-24-33-34(31)36-35(38-33)27-13-6-2-7-14-27/h1-24H. The molecule has 0 saturated heterocycles. The molecule has 0 fully saturated rings. The highest BCUT2D eigenvalue weighted by Gasteiger charge is 2.18. The molecule has 0 unspecified atom stereocenters. The second kappa shape index (κ2) is 9.38. The maximum atomic E-state index is 6.16. The normalized spacial score (nSPS) is 11.2. The van der Waals surface area contributed by atoms with Crippen LogP contribution in [0.3, 0.4) is 0 Å². The van der Waals surface area contributed by atoms with E-state index in [4.69, 9.17) is 9.40 Å². The van der Waals surface area contributed by atoms with Gasteiger partial charge in [0.25, 0.3) is 0 Å². The molecule has 0 amide bonds. The summed E-state index contributed by atoms with van der Waals surface area (Å²) in [5.74, 6) is 0.634. The molecule has 7 rings (SSSR count). The second-order valence-electron chi connectivity index (χ2n) is 9.25. The summed E-state index contributed by atoms with van der Waals surface area (Å²) in [5, 5.41) is 2.18. The van der Waals surface area contributed by atoms with Crippen LogP contribution >= 0.6 is 0 Å². The molecule has 3 nitrogen and oxygen atoms in total. The Hall–Kier alpha value is -5.15. The lowest BCUT2D eigenvalue weighted by Gasteiger charge is -2.27. The molecule has 180 valence electrons. The SMILES string of the molecule is c1ccc(-c2ccc(N(c3ccccc3)c3cccc4c3ccc3oc(-c5ccccc5)nc34)cc2)cc1. The van der Waals surface area contributed by atoms with Gasteiger partial charge in [0, 0.05) is 27.7 Å². The fourth-order valence-corrected chi connectivity index (χ4v) is 5.07. The topological polar surface area (TPSA) is 29.3 Å². The zero-order valence-electron chi connectivity index (χ0n) is 20.7. The van der Waals surface area contributed by atoms with Crippen LogP contribution in [0.1, 0.15) is 0 Å². The summed E-state index contributed by atoms with van der Waals surface area (Å²) in [6, 6.07) is 50.3. The van der Waals surface area contributed by atoms with E-state index in [-0.39, 0.29) is 0 Å². The van der Waals surface area contributed by atoms with Crippen molar-refractivity contribution in [2.45, 2.75) is 0 Å². The van der Waals surface area contributed by atoms with Crippen molar-refractivity contribution in [2.24, 2.45) is 0 Å². The van der Waals surface area contributed by atoms with Gasteiger partial charge in [-0.1, -0.05) is 91.0 Å². The quantitative estimate of drug-likeness (QED) is 0.241. The number of aromatic nitrogens is 1. The van der Waals surface area contributed by atoms with Gasteiger partial charge in [0.1, 0.15) is 5.52 Å². The Bertz CT molecular complexity index is 1840. The molecule has 0 bridgehead atoms. The van der Waals surface area contributed by atoms with Crippen molar-refractivity contribution in [3.05, 3.63) is 146 Å². The fourth-order valence-electron chi connectivity index (χ4n) is 5.07. The molecule has 0 aliphatic rings. The highest BCUT2D eigenvalue weighted by atomic mass is 16.3. The number of oxazole rings is 1. The number of fused-ring (bicyclic) bond motifs is 3. The van der Waals surface area contributed by atoms with Gasteiger partial charge >= 0.3 is 0 Å². The van der Waals surface area contributed by atoms with E-state index in [1.165, 1.54) is 11.1 Å². The molecule has 0 radical (unpaired) electrons. The summed E-state index contributed by atoms with van der Waals surface area (Å²) in [4.78, 5) is 7.22. The molecular formula is C35H24N2O. The maximum Gasteiger partial charge on any atom is 0.227 e. The van der Waals surface area contributed by atoms with Gasteiger partial charge < -0.3 is 9.32 Å². The summed E-state index contributed by atoms with van der Waals surface area (Å²) in [5.41, 5.74) is 8.30. The van der Waals surface area contributed by atoms with Crippen LogP contribution in [0.2, 0.25) is 0 Å². The van der Waals surface area contributed by atoms with E-state index in [0.717, 1.165) is 44.5 Å². The molecular weight excluding hydrogens is 464 g/mol. The van der Waals surface area contributed by atoms with Crippen LogP contribution in [0.5, 0.6) is 0 Å². The second-order valence-corrected chi connectivity index (χ2v) is 9.25. The van der Waals surface area contributed by atoms with E-state index in [2.05, 4.69) is 102 Å². The Labute approximate surface area is 221 Å². The molecule has 0 aliphatic carbocycles. The minimum absolute atomic E-state index is 0.634. The van der Waals surface area contributed by atoms with Gasteiger partial charge in [0.2, 0.25) is 5.89 Å². The Morgan fingerprint density at radius 1 is 0.447 bits per heavy atom. The summed E-state index contributed by atoms with van der Waals surface area (Å²) in [6.45, 7) is 0. The third-order valence-electron chi connectivity index (χ3n) is 6.90. The molecule has 38 heavy (non-hydrogen) atoms. The monoisotopic (exact) mass is 488 g/mol. The van der Waals surface area contributed by atoms with Gasteiger partial charge in [0.05, 0.1) is 5.69 Å². The fraction of sp³-hybridized carbons (Fsp3) is 0. The van der Waals surface area contributed by atoms with Crippen molar-refractivity contribution in [1.29, 1.82) is 0 Å². The third kappa shape index (κ3) is 3.91. The summed E-state index contributed by atoms with van der Waals surface area (Å²) in [7, 11) is 0. The predicted molar refractivity (Wildman–Crippen MR) is 157 cm³/mol. The van der Waals surface area contributed by atoms with Crippen molar-refractivity contribution < 1.29 is 4.42 Å². The smallest absolute Gasteiger partial charge is 0.227 e. The number of anilines is 3. The summed E-state index contributed by atoms with van der Waals surface area (Å²) >= 11 is 0.